The molecule has 5 nitrogen and oxygen atoms in total. The SMILES string of the molecule is Cc1ccc(NC(=O)Cn2cnc(-c3ccc(Cl)cc3)cc2=O)cc1. The van der Waals surface area contributed by atoms with Gasteiger partial charge in [0.2, 0.25) is 5.91 Å². The van der Waals surface area contributed by atoms with Crippen molar-refractivity contribution in [1.29, 1.82) is 0 Å². The number of rotatable bonds is 4. The fourth-order valence-electron chi connectivity index (χ4n) is 2.32. The molecule has 0 atom stereocenters. The molecule has 0 saturated heterocycles. The van der Waals surface area contributed by atoms with Gasteiger partial charge in [-0.3, -0.25) is 14.2 Å². The van der Waals surface area contributed by atoms with Crippen LogP contribution in [0.2, 0.25) is 5.02 Å². The molecule has 3 aromatic rings. The van der Waals surface area contributed by atoms with Gasteiger partial charge in [0.1, 0.15) is 6.54 Å². The van der Waals surface area contributed by atoms with Crippen LogP contribution >= 0.6 is 11.6 Å². The van der Waals surface area contributed by atoms with E-state index in [1.807, 2.05) is 31.2 Å². The summed E-state index contributed by atoms with van der Waals surface area (Å²) in [5.74, 6) is -0.285. The zero-order valence-corrected chi connectivity index (χ0v) is 14.3. The van der Waals surface area contributed by atoms with Crippen molar-refractivity contribution < 1.29 is 4.79 Å². The minimum Gasteiger partial charge on any atom is -0.325 e. The van der Waals surface area contributed by atoms with E-state index in [9.17, 15) is 9.59 Å². The molecule has 0 fully saturated rings. The molecule has 6 heteroatoms. The number of hydrogen-bond acceptors (Lipinski definition) is 3. The maximum atomic E-state index is 12.2. The Morgan fingerprint density at radius 3 is 2.44 bits per heavy atom. The fraction of sp³-hybridized carbons (Fsp3) is 0.105. The van der Waals surface area contributed by atoms with Crippen molar-refractivity contribution in [3.05, 3.63) is 81.9 Å². The molecule has 25 heavy (non-hydrogen) atoms. The van der Waals surface area contributed by atoms with E-state index in [0.29, 0.717) is 16.4 Å². The van der Waals surface area contributed by atoms with Gasteiger partial charge in [0.05, 0.1) is 12.0 Å². The molecule has 0 aliphatic carbocycles. The number of hydrogen-bond donors (Lipinski definition) is 1. The Hall–Kier alpha value is -2.92. The lowest BCUT2D eigenvalue weighted by Gasteiger charge is -2.08. The lowest BCUT2D eigenvalue weighted by molar-refractivity contribution is -0.116. The van der Waals surface area contributed by atoms with Gasteiger partial charge in [0, 0.05) is 22.3 Å². The Morgan fingerprint density at radius 2 is 1.80 bits per heavy atom. The Morgan fingerprint density at radius 1 is 1.12 bits per heavy atom. The molecule has 0 radical (unpaired) electrons. The van der Waals surface area contributed by atoms with Gasteiger partial charge in [-0.05, 0) is 31.2 Å². The van der Waals surface area contributed by atoms with E-state index in [0.717, 1.165) is 11.1 Å². The Balaban J connectivity index is 1.72. The first kappa shape index (κ1) is 16.9. The standard InChI is InChI=1S/C19H16ClN3O2/c1-13-2-8-16(9-3-13)22-18(24)11-23-12-21-17(10-19(23)25)14-4-6-15(20)7-5-14/h2-10,12H,11H2,1H3,(H,22,24). The third-order valence-corrected chi connectivity index (χ3v) is 3.92. The summed E-state index contributed by atoms with van der Waals surface area (Å²) in [7, 11) is 0. The van der Waals surface area contributed by atoms with Crippen molar-refractivity contribution in [2.45, 2.75) is 13.5 Å². The average Bonchev–Trinajstić information content (AvgIpc) is 2.59. The zero-order chi connectivity index (χ0) is 17.8. The average molecular weight is 354 g/mol. The predicted molar refractivity (Wildman–Crippen MR) is 98.8 cm³/mol. The largest absolute Gasteiger partial charge is 0.325 e. The monoisotopic (exact) mass is 353 g/mol. The number of aryl methyl sites for hydroxylation is 1. The molecule has 1 heterocycles. The molecule has 1 amide bonds. The zero-order valence-electron chi connectivity index (χ0n) is 13.6. The number of benzene rings is 2. The first-order valence-electron chi connectivity index (χ1n) is 7.70. The van der Waals surface area contributed by atoms with Gasteiger partial charge in [0.25, 0.3) is 5.56 Å². The van der Waals surface area contributed by atoms with E-state index in [2.05, 4.69) is 10.3 Å². The van der Waals surface area contributed by atoms with E-state index < -0.39 is 0 Å². The Labute approximate surface area is 149 Å². The van der Waals surface area contributed by atoms with E-state index in [1.54, 1.807) is 24.3 Å². The number of amides is 1. The molecule has 0 spiro atoms. The Bertz CT molecular complexity index is 948. The highest BCUT2D eigenvalue weighted by molar-refractivity contribution is 6.30. The van der Waals surface area contributed by atoms with Crippen molar-refractivity contribution in [2.24, 2.45) is 0 Å². The summed E-state index contributed by atoms with van der Waals surface area (Å²) in [6.45, 7) is 1.87. The van der Waals surface area contributed by atoms with Crippen LogP contribution in [0.3, 0.4) is 0 Å². The summed E-state index contributed by atoms with van der Waals surface area (Å²) in [4.78, 5) is 28.6. The van der Waals surface area contributed by atoms with E-state index >= 15 is 0 Å². The van der Waals surface area contributed by atoms with Gasteiger partial charge in [-0.2, -0.15) is 0 Å². The second kappa shape index (κ2) is 7.32. The highest BCUT2D eigenvalue weighted by Gasteiger charge is 2.07. The minimum absolute atomic E-state index is 0.0966. The molecule has 0 aliphatic rings. The molecule has 2 aromatic carbocycles. The lowest BCUT2D eigenvalue weighted by atomic mass is 10.1. The summed E-state index contributed by atoms with van der Waals surface area (Å²) in [6.07, 6.45) is 1.38. The number of halogens is 1. The predicted octanol–water partition coefficient (Wildman–Crippen LogP) is 3.51. The van der Waals surface area contributed by atoms with E-state index in [4.69, 9.17) is 11.6 Å². The van der Waals surface area contributed by atoms with Crippen LogP contribution < -0.4 is 10.9 Å². The van der Waals surface area contributed by atoms with Crippen LogP contribution in [0.25, 0.3) is 11.3 Å². The minimum atomic E-state index is -0.293. The first-order valence-corrected chi connectivity index (χ1v) is 8.08. The first-order chi connectivity index (χ1) is 12.0. The molecule has 0 saturated carbocycles. The maximum absolute atomic E-state index is 12.2. The lowest BCUT2D eigenvalue weighted by Crippen LogP contribution is -2.27. The van der Waals surface area contributed by atoms with Crippen molar-refractivity contribution in [2.75, 3.05) is 5.32 Å². The fourth-order valence-corrected chi connectivity index (χ4v) is 2.44. The van der Waals surface area contributed by atoms with Crippen molar-refractivity contribution in [1.82, 2.24) is 9.55 Å². The molecular weight excluding hydrogens is 338 g/mol. The smallest absolute Gasteiger partial charge is 0.254 e. The van der Waals surface area contributed by atoms with Crippen LogP contribution in [0.15, 0.2) is 65.7 Å². The molecule has 1 aromatic heterocycles. The van der Waals surface area contributed by atoms with Crippen molar-refractivity contribution >= 4 is 23.2 Å². The van der Waals surface area contributed by atoms with Gasteiger partial charge in [-0.1, -0.05) is 41.4 Å². The van der Waals surface area contributed by atoms with Crippen LogP contribution in [0.5, 0.6) is 0 Å². The number of aromatic nitrogens is 2. The van der Waals surface area contributed by atoms with Crippen LogP contribution in [-0.2, 0) is 11.3 Å². The molecule has 126 valence electrons. The molecule has 1 N–H and O–H groups in total. The summed E-state index contributed by atoms with van der Waals surface area (Å²) < 4.78 is 1.27. The number of nitrogens with one attached hydrogen (secondary N) is 1. The highest BCUT2D eigenvalue weighted by Crippen LogP contribution is 2.18. The van der Waals surface area contributed by atoms with Gasteiger partial charge >= 0.3 is 0 Å². The Kier molecular flexibility index (Phi) is 4.95. The molecule has 3 rings (SSSR count). The number of carbonyl (C=O) groups excluding carboxylic acids is 1. The maximum Gasteiger partial charge on any atom is 0.254 e. The van der Waals surface area contributed by atoms with Crippen LogP contribution in [0.4, 0.5) is 5.69 Å². The van der Waals surface area contributed by atoms with Gasteiger partial charge in [-0.15, -0.1) is 0 Å². The normalized spacial score (nSPS) is 10.5. The third kappa shape index (κ3) is 4.33. The van der Waals surface area contributed by atoms with Crippen LogP contribution in [-0.4, -0.2) is 15.5 Å². The van der Waals surface area contributed by atoms with E-state index in [-0.39, 0.29) is 18.0 Å². The number of anilines is 1. The molecule has 0 aliphatic heterocycles. The molecule has 0 unspecified atom stereocenters. The van der Waals surface area contributed by atoms with Gasteiger partial charge in [-0.25, -0.2) is 4.98 Å². The van der Waals surface area contributed by atoms with Crippen molar-refractivity contribution in [3.63, 3.8) is 0 Å². The van der Waals surface area contributed by atoms with Gasteiger partial charge < -0.3 is 5.32 Å². The topological polar surface area (TPSA) is 64.0 Å². The van der Waals surface area contributed by atoms with Crippen LogP contribution in [0, 0.1) is 6.92 Å². The molecule has 0 bridgehead atoms. The highest BCUT2D eigenvalue weighted by atomic mass is 35.5. The second-order valence-electron chi connectivity index (χ2n) is 5.66. The van der Waals surface area contributed by atoms with Gasteiger partial charge in [0.15, 0.2) is 0 Å². The van der Waals surface area contributed by atoms with Crippen LogP contribution in [0.1, 0.15) is 5.56 Å². The summed E-state index contributed by atoms with van der Waals surface area (Å²) in [5, 5.41) is 3.37. The van der Waals surface area contributed by atoms with E-state index in [1.165, 1.54) is 17.0 Å². The summed E-state index contributed by atoms with van der Waals surface area (Å²) >= 11 is 5.86. The summed E-state index contributed by atoms with van der Waals surface area (Å²) in [6, 6.07) is 15.9. The number of nitrogens with zero attached hydrogens (tertiary/aromatic N) is 2. The molecular formula is C19H16ClN3O2. The quantitative estimate of drug-likeness (QED) is 0.780. The second-order valence-corrected chi connectivity index (χ2v) is 6.10. The number of carbonyl (C=O) groups is 1. The van der Waals surface area contributed by atoms with Crippen molar-refractivity contribution in [3.8, 4) is 11.3 Å². The third-order valence-electron chi connectivity index (χ3n) is 3.67. The summed E-state index contributed by atoms with van der Waals surface area (Å²) in [5.41, 5.74) is 2.83.